The summed E-state index contributed by atoms with van der Waals surface area (Å²) in [6.45, 7) is 3.75. The fourth-order valence-electron chi connectivity index (χ4n) is 3.68. The molecule has 0 bridgehead atoms. The van der Waals surface area contributed by atoms with Crippen LogP contribution >= 0.6 is 0 Å². The molecule has 0 atom stereocenters. The Hall–Kier alpha value is -3.61. The maximum Gasteiger partial charge on any atom is 0.416 e. The van der Waals surface area contributed by atoms with Crippen molar-refractivity contribution in [2.75, 3.05) is 43.4 Å². The molecule has 2 aromatic rings. The molecule has 1 aliphatic heterocycles. The van der Waals surface area contributed by atoms with Crippen molar-refractivity contribution in [3.05, 3.63) is 41.6 Å². The Morgan fingerprint density at radius 3 is 2.46 bits per heavy atom. The van der Waals surface area contributed by atoms with Gasteiger partial charge in [-0.25, -0.2) is 4.79 Å². The number of hydrogen-bond acceptors (Lipinski definition) is 6. The fourth-order valence-corrected chi connectivity index (χ4v) is 3.68. The largest absolute Gasteiger partial charge is 0.481 e. The summed E-state index contributed by atoms with van der Waals surface area (Å²) in [6.07, 6.45) is -2.83. The molecule has 1 aromatic heterocycles. The van der Waals surface area contributed by atoms with E-state index in [2.05, 4.69) is 15.7 Å². The number of aliphatic carboxylic acids is 1. The van der Waals surface area contributed by atoms with Crippen molar-refractivity contribution in [1.82, 2.24) is 19.6 Å². The quantitative estimate of drug-likeness (QED) is 0.481. The maximum absolute atomic E-state index is 13.2. The topological polar surface area (TPSA) is 120 Å². The minimum Gasteiger partial charge on any atom is -0.481 e. The normalized spacial score (nSPS) is 14.6. The van der Waals surface area contributed by atoms with Crippen LogP contribution in [-0.2, 0) is 22.3 Å². The second kappa shape index (κ2) is 11.2. The molecule has 190 valence electrons. The number of nitrogens with zero attached hydrogens (tertiary/aromatic N) is 4. The monoisotopic (exact) mass is 496 g/mol. The van der Waals surface area contributed by atoms with Crippen molar-refractivity contribution in [1.29, 1.82) is 0 Å². The molecule has 3 rings (SSSR count). The number of alkyl halides is 3. The second-order valence-corrected chi connectivity index (χ2v) is 8.17. The van der Waals surface area contributed by atoms with Gasteiger partial charge in [0.15, 0.2) is 5.82 Å². The van der Waals surface area contributed by atoms with Gasteiger partial charge in [-0.2, -0.15) is 17.9 Å². The van der Waals surface area contributed by atoms with Crippen LogP contribution in [0.15, 0.2) is 30.5 Å². The molecule has 1 aromatic carbocycles. The van der Waals surface area contributed by atoms with E-state index in [9.17, 15) is 27.6 Å². The number of anilines is 2. The highest BCUT2D eigenvalue weighted by Crippen LogP contribution is 2.32. The summed E-state index contributed by atoms with van der Waals surface area (Å²) in [4.78, 5) is 38.1. The van der Waals surface area contributed by atoms with Crippen molar-refractivity contribution in [2.45, 2.75) is 32.5 Å². The summed E-state index contributed by atoms with van der Waals surface area (Å²) >= 11 is 0. The number of carboxylic acid groups (broad SMARTS) is 1. The number of piperazine rings is 1. The van der Waals surface area contributed by atoms with Gasteiger partial charge in [-0.1, -0.05) is 6.07 Å². The molecule has 35 heavy (non-hydrogen) atoms. The van der Waals surface area contributed by atoms with E-state index in [1.165, 1.54) is 25.3 Å². The average Bonchev–Trinajstić information content (AvgIpc) is 3.24. The van der Waals surface area contributed by atoms with Crippen LogP contribution in [-0.4, -0.2) is 75.3 Å². The highest BCUT2D eigenvalue weighted by Gasteiger charge is 2.31. The van der Waals surface area contributed by atoms with Gasteiger partial charge in [0.25, 0.3) is 0 Å². The molecule has 3 N–H and O–H groups in total. The number of aromatic nitrogens is 2. The molecular formula is C22H27F3N6O4. The first-order chi connectivity index (χ1) is 16.5. The van der Waals surface area contributed by atoms with E-state index in [1.807, 2.05) is 4.90 Å². The summed E-state index contributed by atoms with van der Waals surface area (Å²) in [5, 5.41) is 18.3. The highest BCUT2D eigenvalue weighted by molar-refractivity contribution is 5.88. The number of amides is 2. The van der Waals surface area contributed by atoms with Gasteiger partial charge < -0.3 is 20.6 Å². The lowest BCUT2D eigenvalue weighted by atomic mass is 10.1. The van der Waals surface area contributed by atoms with Crippen molar-refractivity contribution < 1.29 is 32.7 Å². The third kappa shape index (κ3) is 7.44. The van der Waals surface area contributed by atoms with Crippen molar-refractivity contribution >= 4 is 29.4 Å². The van der Waals surface area contributed by atoms with E-state index in [4.69, 9.17) is 5.11 Å². The molecule has 0 saturated carbocycles. The van der Waals surface area contributed by atoms with E-state index in [-0.39, 0.29) is 37.1 Å². The van der Waals surface area contributed by atoms with Gasteiger partial charge in [-0.05, 0) is 24.1 Å². The van der Waals surface area contributed by atoms with E-state index in [0.29, 0.717) is 44.0 Å². The van der Waals surface area contributed by atoms with E-state index in [1.54, 1.807) is 4.90 Å². The molecule has 13 heteroatoms. The Morgan fingerprint density at radius 2 is 1.83 bits per heavy atom. The second-order valence-electron chi connectivity index (χ2n) is 8.17. The minimum atomic E-state index is -4.49. The van der Waals surface area contributed by atoms with Gasteiger partial charge in [0.1, 0.15) is 0 Å². The lowest BCUT2D eigenvalue weighted by Gasteiger charge is -2.34. The predicted molar refractivity (Wildman–Crippen MR) is 121 cm³/mol. The number of benzene rings is 1. The first kappa shape index (κ1) is 26.0. The number of carbonyl (C=O) groups is 3. The Morgan fingerprint density at radius 1 is 1.11 bits per heavy atom. The van der Waals surface area contributed by atoms with Crippen molar-refractivity contribution in [3.63, 3.8) is 0 Å². The SMILES string of the molecule is CC(=O)Nc1ccn(C(=O)N2CCN(Cc3ccc(C(F)(F)F)cc3NCCCC(=O)O)CC2)n1. The van der Waals surface area contributed by atoms with Gasteiger partial charge in [0.2, 0.25) is 5.91 Å². The lowest BCUT2D eigenvalue weighted by Crippen LogP contribution is -2.49. The summed E-state index contributed by atoms with van der Waals surface area (Å²) in [6, 6.07) is 4.68. The van der Waals surface area contributed by atoms with Crippen LogP contribution in [0.2, 0.25) is 0 Å². The van der Waals surface area contributed by atoms with Crippen LogP contribution in [0.5, 0.6) is 0 Å². The van der Waals surface area contributed by atoms with Crippen LogP contribution in [0.25, 0.3) is 0 Å². The summed E-state index contributed by atoms with van der Waals surface area (Å²) in [5.74, 6) is -0.990. The average molecular weight is 496 g/mol. The first-order valence-corrected chi connectivity index (χ1v) is 11.0. The van der Waals surface area contributed by atoms with Crippen LogP contribution in [0.4, 0.5) is 29.5 Å². The molecular weight excluding hydrogens is 469 g/mol. The lowest BCUT2D eigenvalue weighted by molar-refractivity contribution is -0.138. The van der Waals surface area contributed by atoms with E-state index >= 15 is 0 Å². The molecule has 0 unspecified atom stereocenters. The van der Waals surface area contributed by atoms with Crippen LogP contribution in [0, 0.1) is 0 Å². The third-order valence-corrected chi connectivity index (χ3v) is 5.45. The zero-order valence-electron chi connectivity index (χ0n) is 19.1. The maximum atomic E-state index is 13.2. The Balaban J connectivity index is 1.61. The van der Waals surface area contributed by atoms with Gasteiger partial charge in [0.05, 0.1) is 5.56 Å². The summed E-state index contributed by atoms with van der Waals surface area (Å²) in [5.41, 5.74) is 0.182. The first-order valence-electron chi connectivity index (χ1n) is 11.0. The number of carboxylic acids is 1. The zero-order valence-corrected chi connectivity index (χ0v) is 19.1. The predicted octanol–water partition coefficient (Wildman–Crippen LogP) is 2.92. The molecule has 0 aliphatic carbocycles. The highest BCUT2D eigenvalue weighted by atomic mass is 19.4. The summed E-state index contributed by atoms with van der Waals surface area (Å²) in [7, 11) is 0. The third-order valence-electron chi connectivity index (χ3n) is 5.45. The van der Waals surface area contributed by atoms with Crippen LogP contribution in [0.3, 0.4) is 0 Å². The summed E-state index contributed by atoms with van der Waals surface area (Å²) < 4.78 is 40.7. The standard InChI is InChI=1S/C22H27F3N6O4/c1-15(32)27-19-6-8-31(28-19)21(35)30-11-9-29(10-12-30)14-16-4-5-17(22(23,24)25)13-18(16)26-7-2-3-20(33)34/h4-6,8,13,26H,2-3,7,9-12,14H2,1H3,(H,33,34)(H,27,28,32). The molecule has 1 aliphatic rings. The number of nitrogens with one attached hydrogen (secondary N) is 2. The Bertz CT molecular complexity index is 1060. The zero-order chi connectivity index (χ0) is 25.6. The Kier molecular flexibility index (Phi) is 8.33. The molecule has 0 spiro atoms. The molecule has 2 heterocycles. The van der Waals surface area contributed by atoms with Gasteiger partial charge in [-0.3, -0.25) is 14.5 Å². The number of halogens is 3. The molecule has 10 nitrogen and oxygen atoms in total. The fraction of sp³-hybridized carbons (Fsp3) is 0.455. The number of carbonyl (C=O) groups excluding carboxylic acids is 2. The van der Waals surface area contributed by atoms with Crippen LogP contribution in [0.1, 0.15) is 30.9 Å². The van der Waals surface area contributed by atoms with E-state index in [0.717, 1.165) is 16.8 Å². The van der Waals surface area contributed by atoms with Crippen molar-refractivity contribution in [2.24, 2.45) is 0 Å². The van der Waals surface area contributed by atoms with Gasteiger partial charge >= 0.3 is 18.2 Å². The van der Waals surface area contributed by atoms with Gasteiger partial charge in [0, 0.05) is 70.6 Å². The minimum absolute atomic E-state index is 0.0835. The Labute approximate surface area is 199 Å². The number of hydrogen-bond donors (Lipinski definition) is 3. The molecule has 1 fully saturated rings. The number of rotatable bonds is 8. The van der Waals surface area contributed by atoms with E-state index < -0.39 is 17.7 Å². The van der Waals surface area contributed by atoms with Crippen LogP contribution < -0.4 is 10.6 Å². The smallest absolute Gasteiger partial charge is 0.416 e. The van der Waals surface area contributed by atoms with Crippen molar-refractivity contribution in [3.8, 4) is 0 Å². The molecule has 0 radical (unpaired) electrons. The molecule has 2 amide bonds. The van der Waals surface area contributed by atoms with Gasteiger partial charge in [-0.15, -0.1) is 5.10 Å². The molecule has 1 saturated heterocycles.